The number of nitrogens with zero attached hydrogens (tertiary/aromatic N) is 2. The molecule has 0 spiro atoms. The van der Waals surface area contributed by atoms with Gasteiger partial charge in [-0.2, -0.15) is 0 Å². The fourth-order valence-electron chi connectivity index (χ4n) is 3.55. The van der Waals surface area contributed by atoms with Crippen LogP contribution in [-0.2, 0) is 23.1 Å². The van der Waals surface area contributed by atoms with Gasteiger partial charge in [0.2, 0.25) is 10.0 Å². The van der Waals surface area contributed by atoms with E-state index in [-0.39, 0.29) is 11.4 Å². The van der Waals surface area contributed by atoms with Crippen LogP contribution >= 0.6 is 0 Å². The van der Waals surface area contributed by atoms with Crippen LogP contribution in [0.15, 0.2) is 47.4 Å². The van der Waals surface area contributed by atoms with Crippen LogP contribution in [0.4, 0.5) is 4.39 Å². The van der Waals surface area contributed by atoms with Gasteiger partial charge >= 0.3 is 0 Å². The van der Waals surface area contributed by atoms with E-state index < -0.39 is 15.8 Å². The van der Waals surface area contributed by atoms with Gasteiger partial charge in [-0.1, -0.05) is 31.2 Å². The van der Waals surface area contributed by atoms with Crippen molar-refractivity contribution < 1.29 is 12.8 Å². The van der Waals surface area contributed by atoms with Crippen molar-refractivity contribution in [3.05, 3.63) is 65.0 Å². The third kappa shape index (κ3) is 5.17. The Bertz CT molecular complexity index is 910. The standard InChI is InChI=1S/C21H28FN3O2S/c1-3-24-10-12-25(13-11-24)16-19-7-5-4-6-18(19)15-23-28(26,27)21-9-8-20(22)14-17(21)2/h4-9,14,23H,3,10-13,15-16H2,1-2H3. The zero-order chi connectivity index (χ0) is 20.1. The Morgan fingerprint density at radius 1 is 1.00 bits per heavy atom. The van der Waals surface area contributed by atoms with Crippen LogP contribution in [0.1, 0.15) is 23.6 Å². The molecule has 7 heteroatoms. The number of benzene rings is 2. The molecule has 2 aromatic rings. The van der Waals surface area contributed by atoms with Crippen LogP contribution in [0.2, 0.25) is 0 Å². The van der Waals surface area contributed by atoms with Crippen molar-refractivity contribution in [2.75, 3.05) is 32.7 Å². The third-order valence-corrected chi connectivity index (χ3v) is 6.87. The van der Waals surface area contributed by atoms with E-state index in [1.54, 1.807) is 6.92 Å². The molecule has 0 aromatic heterocycles. The van der Waals surface area contributed by atoms with Crippen molar-refractivity contribution >= 4 is 10.0 Å². The molecule has 3 rings (SSSR count). The minimum atomic E-state index is -3.70. The highest BCUT2D eigenvalue weighted by Gasteiger charge is 2.19. The summed E-state index contributed by atoms with van der Waals surface area (Å²) in [5.74, 6) is -0.440. The van der Waals surface area contributed by atoms with Crippen LogP contribution in [-0.4, -0.2) is 50.9 Å². The van der Waals surface area contributed by atoms with Crippen molar-refractivity contribution in [1.82, 2.24) is 14.5 Å². The molecule has 5 nitrogen and oxygen atoms in total. The van der Waals surface area contributed by atoms with Crippen LogP contribution in [0.3, 0.4) is 0 Å². The topological polar surface area (TPSA) is 52.6 Å². The Balaban J connectivity index is 1.68. The Morgan fingerprint density at radius 3 is 2.29 bits per heavy atom. The third-order valence-electron chi connectivity index (χ3n) is 5.30. The zero-order valence-electron chi connectivity index (χ0n) is 16.5. The first-order valence-electron chi connectivity index (χ1n) is 9.66. The van der Waals surface area contributed by atoms with E-state index in [0.717, 1.165) is 50.4 Å². The van der Waals surface area contributed by atoms with Gasteiger partial charge in [0, 0.05) is 39.3 Å². The van der Waals surface area contributed by atoms with E-state index in [4.69, 9.17) is 0 Å². The van der Waals surface area contributed by atoms with Gasteiger partial charge in [0.25, 0.3) is 0 Å². The van der Waals surface area contributed by atoms with Crippen molar-refractivity contribution in [1.29, 1.82) is 0 Å². The monoisotopic (exact) mass is 405 g/mol. The summed E-state index contributed by atoms with van der Waals surface area (Å²) in [7, 11) is -3.70. The minimum absolute atomic E-state index is 0.113. The molecular weight excluding hydrogens is 377 g/mol. The molecule has 0 radical (unpaired) electrons. The minimum Gasteiger partial charge on any atom is -0.301 e. The second-order valence-electron chi connectivity index (χ2n) is 7.21. The van der Waals surface area contributed by atoms with Crippen molar-refractivity contribution in [2.24, 2.45) is 0 Å². The molecule has 0 aliphatic carbocycles. The number of sulfonamides is 1. The lowest BCUT2D eigenvalue weighted by Crippen LogP contribution is -2.45. The van der Waals surface area contributed by atoms with E-state index in [2.05, 4.69) is 27.5 Å². The highest BCUT2D eigenvalue weighted by molar-refractivity contribution is 7.89. The maximum Gasteiger partial charge on any atom is 0.241 e. The predicted octanol–water partition coefficient (Wildman–Crippen LogP) is 2.75. The molecule has 1 N–H and O–H groups in total. The maximum absolute atomic E-state index is 13.3. The van der Waals surface area contributed by atoms with Gasteiger partial charge in [-0.3, -0.25) is 4.90 Å². The average molecular weight is 406 g/mol. The van der Waals surface area contributed by atoms with Gasteiger partial charge in [-0.25, -0.2) is 17.5 Å². The molecule has 152 valence electrons. The van der Waals surface area contributed by atoms with Gasteiger partial charge in [0.15, 0.2) is 0 Å². The lowest BCUT2D eigenvalue weighted by molar-refractivity contribution is 0.131. The molecule has 28 heavy (non-hydrogen) atoms. The maximum atomic E-state index is 13.3. The molecule has 0 atom stereocenters. The summed E-state index contributed by atoms with van der Waals surface area (Å²) in [5.41, 5.74) is 2.49. The van der Waals surface area contributed by atoms with Crippen LogP contribution in [0.5, 0.6) is 0 Å². The molecule has 1 aliphatic rings. The number of aryl methyl sites for hydroxylation is 1. The number of piperazine rings is 1. The van der Waals surface area contributed by atoms with E-state index >= 15 is 0 Å². The Morgan fingerprint density at radius 2 is 1.64 bits per heavy atom. The highest BCUT2D eigenvalue weighted by Crippen LogP contribution is 2.18. The number of nitrogens with one attached hydrogen (secondary N) is 1. The summed E-state index contributed by atoms with van der Waals surface area (Å²) in [6.07, 6.45) is 0. The number of rotatable bonds is 7. The second kappa shape index (κ2) is 9.13. The van der Waals surface area contributed by atoms with Gasteiger partial charge in [0.05, 0.1) is 4.90 Å². The van der Waals surface area contributed by atoms with Crippen LogP contribution < -0.4 is 4.72 Å². The summed E-state index contributed by atoms with van der Waals surface area (Å²) >= 11 is 0. The van der Waals surface area contributed by atoms with E-state index in [0.29, 0.717) is 5.56 Å². The number of halogens is 1. The normalized spacial score (nSPS) is 16.4. The Hall–Kier alpha value is -1.80. The summed E-state index contributed by atoms with van der Waals surface area (Å²) in [4.78, 5) is 4.95. The first kappa shape index (κ1) is 20.9. The molecular formula is C21H28FN3O2S. The summed E-state index contributed by atoms with van der Waals surface area (Å²) in [5, 5.41) is 0. The SMILES string of the molecule is CCN1CCN(Cc2ccccc2CNS(=O)(=O)c2ccc(F)cc2C)CC1. The van der Waals surface area contributed by atoms with E-state index in [9.17, 15) is 12.8 Å². The number of hydrogen-bond acceptors (Lipinski definition) is 4. The van der Waals surface area contributed by atoms with Gasteiger partial charge in [-0.05, 0) is 48.4 Å². The largest absolute Gasteiger partial charge is 0.301 e. The van der Waals surface area contributed by atoms with E-state index in [1.807, 2.05) is 18.2 Å². The number of hydrogen-bond donors (Lipinski definition) is 1. The molecule has 0 amide bonds. The van der Waals surface area contributed by atoms with Crippen molar-refractivity contribution in [2.45, 2.75) is 31.8 Å². The first-order valence-corrected chi connectivity index (χ1v) is 11.1. The number of likely N-dealkylation sites (N-methyl/N-ethyl adjacent to an activating group) is 1. The Kier molecular flexibility index (Phi) is 6.82. The molecule has 0 saturated carbocycles. The van der Waals surface area contributed by atoms with Crippen molar-refractivity contribution in [3.8, 4) is 0 Å². The summed E-state index contributed by atoms with van der Waals surface area (Å²) < 4.78 is 41.3. The first-order chi connectivity index (χ1) is 13.4. The predicted molar refractivity (Wildman–Crippen MR) is 109 cm³/mol. The molecule has 0 unspecified atom stereocenters. The second-order valence-corrected chi connectivity index (χ2v) is 8.95. The van der Waals surface area contributed by atoms with Gasteiger partial charge in [0.1, 0.15) is 5.82 Å². The van der Waals surface area contributed by atoms with Crippen LogP contribution in [0, 0.1) is 12.7 Å². The smallest absolute Gasteiger partial charge is 0.241 e. The zero-order valence-corrected chi connectivity index (χ0v) is 17.3. The quantitative estimate of drug-likeness (QED) is 0.770. The fraction of sp³-hybridized carbons (Fsp3) is 0.429. The van der Waals surface area contributed by atoms with Gasteiger partial charge < -0.3 is 4.90 Å². The highest BCUT2D eigenvalue weighted by atomic mass is 32.2. The summed E-state index contributed by atoms with van der Waals surface area (Å²) in [6, 6.07) is 11.6. The average Bonchev–Trinajstić information content (AvgIpc) is 2.67. The lowest BCUT2D eigenvalue weighted by atomic mass is 10.1. The van der Waals surface area contributed by atoms with E-state index in [1.165, 1.54) is 18.2 Å². The Labute approximate surface area is 167 Å². The molecule has 1 fully saturated rings. The summed E-state index contributed by atoms with van der Waals surface area (Å²) in [6.45, 7) is 10.0. The molecule has 1 saturated heterocycles. The lowest BCUT2D eigenvalue weighted by Gasteiger charge is -2.34. The van der Waals surface area contributed by atoms with Gasteiger partial charge in [-0.15, -0.1) is 0 Å². The molecule has 1 aliphatic heterocycles. The molecule has 0 bridgehead atoms. The fourth-order valence-corrected chi connectivity index (χ4v) is 4.78. The molecule has 1 heterocycles. The van der Waals surface area contributed by atoms with Crippen molar-refractivity contribution in [3.63, 3.8) is 0 Å². The molecule has 2 aromatic carbocycles. The van der Waals surface area contributed by atoms with Crippen LogP contribution in [0.25, 0.3) is 0 Å².